The summed E-state index contributed by atoms with van der Waals surface area (Å²) < 4.78 is 0. The van der Waals surface area contributed by atoms with Crippen molar-refractivity contribution < 1.29 is 5.11 Å². The van der Waals surface area contributed by atoms with Gasteiger partial charge in [0.25, 0.3) is 0 Å². The van der Waals surface area contributed by atoms with Crippen LogP contribution in [0.25, 0.3) is 0 Å². The average molecular weight is 264 g/mol. The third kappa shape index (κ3) is 3.56. The van der Waals surface area contributed by atoms with Crippen LogP contribution in [-0.4, -0.2) is 36.2 Å². The maximum Gasteiger partial charge on any atom is 0.0555 e. The largest absolute Gasteiger partial charge is 0.396 e. The molecule has 0 aliphatic carbocycles. The zero-order valence-corrected chi connectivity index (χ0v) is 11.4. The molecule has 2 rings (SSSR count). The molecule has 1 aliphatic rings. The maximum atomic E-state index is 9.13. The van der Waals surface area contributed by atoms with Gasteiger partial charge >= 0.3 is 0 Å². The van der Waals surface area contributed by atoms with Gasteiger partial charge < -0.3 is 10.8 Å². The first-order chi connectivity index (χ1) is 8.83. The van der Waals surface area contributed by atoms with Crippen molar-refractivity contribution in [2.24, 2.45) is 11.7 Å². The average Bonchev–Trinajstić information content (AvgIpc) is 2.84. The molecule has 1 aromatic heterocycles. The van der Waals surface area contributed by atoms with Crippen LogP contribution >= 0.6 is 11.3 Å². The summed E-state index contributed by atoms with van der Waals surface area (Å²) in [5, 5.41) is 11.2. The van der Waals surface area contributed by atoms with Crippen LogP contribution < -0.4 is 5.73 Å². The highest BCUT2D eigenvalue weighted by atomic mass is 32.1. The second-order valence-corrected chi connectivity index (χ2v) is 5.67. The monoisotopic (exact) mass is 264 g/mol. The van der Waals surface area contributed by atoms with Gasteiger partial charge in [-0.1, -0.05) is 11.8 Å². The van der Waals surface area contributed by atoms with Gasteiger partial charge in [-0.25, -0.2) is 0 Å². The first-order valence-corrected chi connectivity index (χ1v) is 7.30. The molecule has 0 unspecified atom stereocenters. The molecule has 0 amide bonds. The molecule has 2 heterocycles. The smallest absolute Gasteiger partial charge is 0.0555 e. The van der Waals surface area contributed by atoms with Crippen LogP contribution in [-0.2, 0) is 6.54 Å². The first kappa shape index (κ1) is 13.6. The number of nitrogens with zero attached hydrogens (tertiary/aromatic N) is 1. The second kappa shape index (κ2) is 6.91. The molecule has 1 saturated heterocycles. The number of likely N-dealkylation sites (tertiary alicyclic amines) is 1. The molecule has 0 saturated carbocycles. The Morgan fingerprint density at radius 2 is 2.22 bits per heavy atom. The Balaban J connectivity index is 1.92. The number of hydrogen-bond donors (Lipinski definition) is 2. The Kier molecular flexibility index (Phi) is 5.21. The number of rotatable bonds is 3. The van der Waals surface area contributed by atoms with Crippen LogP contribution in [0.2, 0.25) is 0 Å². The highest BCUT2D eigenvalue weighted by molar-refractivity contribution is 7.10. The van der Waals surface area contributed by atoms with Crippen LogP contribution in [0.5, 0.6) is 0 Å². The summed E-state index contributed by atoms with van der Waals surface area (Å²) in [6, 6.07) is 2.07. The lowest BCUT2D eigenvalue weighted by atomic mass is 9.98. The third-order valence-electron chi connectivity index (χ3n) is 3.40. The van der Waals surface area contributed by atoms with Crippen molar-refractivity contribution in [2.45, 2.75) is 19.4 Å². The van der Waals surface area contributed by atoms with E-state index in [0.29, 0.717) is 19.1 Å². The molecule has 98 valence electrons. The fourth-order valence-electron chi connectivity index (χ4n) is 2.25. The van der Waals surface area contributed by atoms with E-state index in [0.717, 1.165) is 38.0 Å². The minimum absolute atomic E-state index is 0.333. The molecular formula is C14H20N2OS. The van der Waals surface area contributed by atoms with Crippen molar-refractivity contribution in [1.82, 2.24) is 4.90 Å². The van der Waals surface area contributed by atoms with Crippen LogP contribution in [0, 0.1) is 17.8 Å². The van der Waals surface area contributed by atoms with E-state index in [4.69, 9.17) is 10.8 Å². The van der Waals surface area contributed by atoms with Gasteiger partial charge in [-0.2, -0.15) is 0 Å². The van der Waals surface area contributed by atoms with Crippen molar-refractivity contribution in [3.8, 4) is 11.8 Å². The lowest BCUT2D eigenvalue weighted by molar-refractivity contribution is 0.128. The van der Waals surface area contributed by atoms with Crippen molar-refractivity contribution in [1.29, 1.82) is 0 Å². The van der Waals surface area contributed by atoms with Crippen LogP contribution in [0.3, 0.4) is 0 Å². The second-order valence-electron chi connectivity index (χ2n) is 4.67. The molecule has 0 atom stereocenters. The van der Waals surface area contributed by atoms with E-state index in [1.165, 1.54) is 4.88 Å². The predicted octanol–water partition coefficient (Wildman–Crippen LogP) is 1.26. The van der Waals surface area contributed by atoms with E-state index in [2.05, 4.69) is 28.2 Å². The number of hydrogen-bond acceptors (Lipinski definition) is 4. The van der Waals surface area contributed by atoms with E-state index in [1.54, 1.807) is 11.3 Å². The van der Waals surface area contributed by atoms with Gasteiger partial charge in [0.1, 0.15) is 0 Å². The molecule has 3 N–H and O–H groups in total. The molecule has 1 aromatic rings. The molecule has 0 spiro atoms. The molecule has 0 bridgehead atoms. The van der Waals surface area contributed by atoms with E-state index < -0.39 is 0 Å². The summed E-state index contributed by atoms with van der Waals surface area (Å²) in [5.41, 5.74) is 6.53. The van der Waals surface area contributed by atoms with Gasteiger partial charge in [0, 0.05) is 23.6 Å². The summed E-state index contributed by atoms with van der Waals surface area (Å²) in [6.07, 6.45) is 2.21. The fourth-order valence-corrected chi connectivity index (χ4v) is 3.12. The van der Waals surface area contributed by atoms with Gasteiger partial charge in [0.15, 0.2) is 0 Å². The van der Waals surface area contributed by atoms with E-state index in [1.807, 2.05) is 0 Å². The van der Waals surface area contributed by atoms with Crippen LogP contribution in [0.15, 0.2) is 11.4 Å². The maximum absolute atomic E-state index is 9.13. The minimum Gasteiger partial charge on any atom is -0.396 e. The van der Waals surface area contributed by atoms with Crippen LogP contribution in [0.4, 0.5) is 0 Å². The van der Waals surface area contributed by atoms with Crippen molar-refractivity contribution >= 4 is 11.3 Å². The van der Waals surface area contributed by atoms with Gasteiger partial charge in [0.2, 0.25) is 0 Å². The predicted molar refractivity (Wildman–Crippen MR) is 75.3 cm³/mol. The third-order valence-corrected chi connectivity index (χ3v) is 4.31. The summed E-state index contributed by atoms with van der Waals surface area (Å²) in [7, 11) is 0. The number of thiophene rings is 1. The molecule has 1 aliphatic heterocycles. The van der Waals surface area contributed by atoms with E-state index in [-0.39, 0.29) is 0 Å². The number of aliphatic hydroxyl groups is 1. The molecular weight excluding hydrogens is 244 g/mol. The lowest BCUT2D eigenvalue weighted by Crippen LogP contribution is -2.34. The highest BCUT2D eigenvalue weighted by Gasteiger charge is 2.19. The van der Waals surface area contributed by atoms with Crippen molar-refractivity contribution in [3.63, 3.8) is 0 Å². The Labute approximate surface area is 113 Å². The van der Waals surface area contributed by atoms with Crippen molar-refractivity contribution in [2.75, 3.05) is 26.2 Å². The van der Waals surface area contributed by atoms with Gasteiger partial charge in [0.05, 0.1) is 6.54 Å². The first-order valence-electron chi connectivity index (χ1n) is 6.42. The quantitative estimate of drug-likeness (QED) is 0.808. The summed E-state index contributed by atoms with van der Waals surface area (Å²) in [6.45, 7) is 3.88. The fraction of sp³-hybridized carbons (Fsp3) is 0.571. The Morgan fingerprint density at radius 1 is 1.44 bits per heavy atom. The van der Waals surface area contributed by atoms with Gasteiger partial charge in [-0.3, -0.25) is 4.90 Å². The molecule has 0 radical (unpaired) electrons. The van der Waals surface area contributed by atoms with Crippen LogP contribution in [0.1, 0.15) is 23.3 Å². The summed E-state index contributed by atoms with van der Waals surface area (Å²) >= 11 is 1.77. The Hall–Kier alpha value is -0.860. The number of aliphatic hydroxyl groups excluding tert-OH is 1. The van der Waals surface area contributed by atoms with Gasteiger partial charge in [-0.15, -0.1) is 11.3 Å². The van der Waals surface area contributed by atoms with Crippen molar-refractivity contribution in [3.05, 3.63) is 21.9 Å². The highest BCUT2D eigenvalue weighted by Crippen LogP contribution is 2.22. The number of piperidine rings is 1. The zero-order chi connectivity index (χ0) is 12.8. The zero-order valence-electron chi connectivity index (χ0n) is 10.6. The molecule has 0 aromatic carbocycles. The molecule has 1 fully saturated rings. The van der Waals surface area contributed by atoms with E-state index >= 15 is 0 Å². The Morgan fingerprint density at radius 3 is 2.89 bits per heavy atom. The molecule has 3 nitrogen and oxygen atoms in total. The normalized spacial score (nSPS) is 17.4. The number of nitrogens with two attached hydrogens (primary N) is 1. The molecule has 4 heteroatoms. The van der Waals surface area contributed by atoms with E-state index in [9.17, 15) is 0 Å². The Bertz CT molecular complexity index is 424. The lowest BCUT2D eigenvalue weighted by Gasteiger charge is -2.30. The summed E-state index contributed by atoms with van der Waals surface area (Å²) in [4.78, 5) is 3.78. The topological polar surface area (TPSA) is 49.5 Å². The van der Waals surface area contributed by atoms with Gasteiger partial charge in [-0.05, 0) is 43.3 Å². The minimum atomic E-state index is 0.333. The SMILES string of the molecule is NCC#Cc1ccsc1CN1CCC(CO)CC1. The molecule has 18 heavy (non-hydrogen) atoms. The standard InChI is InChI=1S/C14H20N2OS/c15-6-1-2-13-5-9-18-14(13)10-16-7-3-12(11-17)4-8-16/h5,9,12,17H,3-4,6-8,10-11,15H2. The summed E-state index contributed by atoms with van der Waals surface area (Å²) in [5.74, 6) is 6.55.